The molecule has 108 valence electrons. The van der Waals surface area contributed by atoms with Crippen LogP contribution in [0, 0.1) is 0 Å². The molecule has 1 aromatic carbocycles. The van der Waals surface area contributed by atoms with Crippen LogP contribution in [0.25, 0.3) is 0 Å². The lowest BCUT2D eigenvalue weighted by Crippen LogP contribution is -2.20. The molecule has 0 saturated heterocycles. The molecule has 0 heterocycles. The normalized spacial score (nSPS) is 12.5. The molecule has 0 fully saturated rings. The van der Waals surface area contributed by atoms with Gasteiger partial charge in [-0.1, -0.05) is 6.07 Å². The van der Waals surface area contributed by atoms with E-state index in [9.17, 15) is 0 Å². The van der Waals surface area contributed by atoms with Gasteiger partial charge in [0.05, 0.1) is 13.2 Å². The molecule has 0 aromatic heterocycles. The lowest BCUT2D eigenvalue weighted by Gasteiger charge is -2.18. The molecule has 0 aliphatic heterocycles. The van der Waals surface area contributed by atoms with E-state index in [1.54, 1.807) is 0 Å². The van der Waals surface area contributed by atoms with Gasteiger partial charge in [-0.25, -0.2) is 0 Å². The molecular weight excluding hydrogens is 240 g/mol. The summed E-state index contributed by atoms with van der Waals surface area (Å²) in [6.45, 7) is 6.15. The lowest BCUT2D eigenvalue weighted by atomic mass is 10.0. The number of hydrogen-bond acceptors (Lipinski definition) is 4. The van der Waals surface area contributed by atoms with Crippen molar-refractivity contribution in [3.63, 3.8) is 0 Å². The largest absolute Gasteiger partial charge is 0.490 e. The van der Waals surface area contributed by atoms with Gasteiger partial charge in [0.2, 0.25) is 0 Å². The Kier molecular flexibility index (Phi) is 6.67. The van der Waals surface area contributed by atoms with Crippen LogP contribution in [0.15, 0.2) is 18.2 Å². The molecule has 4 heteroatoms. The quantitative estimate of drug-likeness (QED) is 0.785. The van der Waals surface area contributed by atoms with Crippen molar-refractivity contribution < 1.29 is 9.47 Å². The molecule has 1 aromatic rings. The Bertz CT molecular complexity index is 380. The van der Waals surface area contributed by atoms with Crippen LogP contribution in [0.2, 0.25) is 0 Å². The SMILES string of the molecule is CCOc1ccc(C(N)CCN(C)C)cc1OCC. The average Bonchev–Trinajstić information content (AvgIpc) is 2.38. The van der Waals surface area contributed by atoms with Crippen molar-refractivity contribution in [3.05, 3.63) is 23.8 Å². The fourth-order valence-corrected chi connectivity index (χ4v) is 1.86. The van der Waals surface area contributed by atoms with Crippen molar-refractivity contribution in [2.24, 2.45) is 5.73 Å². The summed E-state index contributed by atoms with van der Waals surface area (Å²) in [7, 11) is 4.10. The van der Waals surface area contributed by atoms with E-state index in [1.165, 1.54) is 0 Å². The second kappa shape index (κ2) is 8.02. The van der Waals surface area contributed by atoms with Gasteiger partial charge in [0.25, 0.3) is 0 Å². The molecule has 2 N–H and O–H groups in total. The number of rotatable bonds is 8. The highest BCUT2D eigenvalue weighted by molar-refractivity contribution is 5.43. The summed E-state index contributed by atoms with van der Waals surface area (Å²) >= 11 is 0. The summed E-state index contributed by atoms with van der Waals surface area (Å²) in [5.74, 6) is 1.56. The Hall–Kier alpha value is -1.26. The van der Waals surface area contributed by atoms with E-state index >= 15 is 0 Å². The van der Waals surface area contributed by atoms with Crippen LogP contribution in [-0.2, 0) is 0 Å². The minimum Gasteiger partial charge on any atom is -0.490 e. The minimum atomic E-state index is 0.0253. The second-order valence-corrected chi connectivity index (χ2v) is 4.77. The van der Waals surface area contributed by atoms with Crippen LogP contribution in [0.3, 0.4) is 0 Å². The monoisotopic (exact) mass is 266 g/mol. The lowest BCUT2D eigenvalue weighted by molar-refractivity contribution is 0.287. The summed E-state index contributed by atoms with van der Waals surface area (Å²) in [4.78, 5) is 2.14. The molecule has 0 bridgehead atoms. The summed E-state index contributed by atoms with van der Waals surface area (Å²) in [5.41, 5.74) is 7.30. The van der Waals surface area contributed by atoms with E-state index in [1.807, 2.05) is 32.0 Å². The van der Waals surface area contributed by atoms with E-state index < -0.39 is 0 Å². The van der Waals surface area contributed by atoms with E-state index in [-0.39, 0.29) is 6.04 Å². The Morgan fingerprint density at radius 1 is 1.11 bits per heavy atom. The van der Waals surface area contributed by atoms with Crippen LogP contribution in [0.5, 0.6) is 11.5 Å². The molecule has 4 nitrogen and oxygen atoms in total. The van der Waals surface area contributed by atoms with Crippen molar-refractivity contribution >= 4 is 0 Å². The molecule has 0 spiro atoms. The Morgan fingerprint density at radius 2 is 1.74 bits per heavy atom. The van der Waals surface area contributed by atoms with Crippen molar-refractivity contribution in [2.45, 2.75) is 26.3 Å². The van der Waals surface area contributed by atoms with Crippen LogP contribution in [-0.4, -0.2) is 38.8 Å². The second-order valence-electron chi connectivity index (χ2n) is 4.77. The van der Waals surface area contributed by atoms with Gasteiger partial charge in [-0.2, -0.15) is 0 Å². The van der Waals surface area contributed by atoms with Crippen molar-refractivity contribution in [1.82, 2.24) is 4.90 Å². The van der Waals surface area contributed by atoms with E-state index in [0.717, 1.165) is 30.0 Å². The number of nitrogens with two attached hydrogens (primary N) is 1. The molecule has 0 radical (unpaired) electrons. The molecular formula is C15H26N2O2. The standard InChI is InChI=1S/C15H26N2O2/c1-5-18-14-8-7-12(11-15(14)19-6-2)13(16)9-10-17(3)4/h7-8,11,13H,5-6,9-10,16H2,1-4H3. The van der Waals surface area contributed by atoms with E-state index in [4.69, 9.17) is 15.2 Å². The van der Waals surface area contributed by atoms with Crippen LogP contribution in [0.1, 0.15) is 31.9 Å². The van der Waals surface area contributed by atoms with Gasteiger partial charge in [-0.3, -0.25) is 0 Å². The maximum atomic E-state index is 6.21. The molecule has 1 unspecified atom stereocenters. The fourth-order valence-electron chi connectivity index (χ4n) is 1.86. The summed E-state index contributed by atoms with van der Waals surface area (Å²) < 4.78 is 11.2. The number of nitrogens with zero attached hydrogens (tertiary/aromatic N) is 1. The van der Waals surface area contributed by atoms with Crippen molar-refractivity contribution in [2.75, 3.05) is 33.9 Å². The predicted molar refractivity (Wildman–Crippen MR) is 78.9 cm³/mol. The van der Waals surface area contributed by atoms with Crippen LogP contribution in [0.4, 0.5) is 0 Å². The van der Waals surface area contributed by atoms with Crippen LogP contribution >= 0.6 is 0 Å². The predicted octanol–water partition coefficient (Wildman–Crippen LogP) is 2.44. The third kappa shape index (κ3) is 5.09. The molecule has 1 atom stereocenters. The minimum absolute atomic E-state index is 0.0253. The van der Waals surface area contributed by atoms with E-state index in [0.29, 0.717) is 13.2 Å². The first-order valence-electron chi connectivity index (χ1n) is 6.88. The molecule has 19 heavy (non-hydrogen) atoms. The van der Waals surface area contributed by atoms with E-state index in [2.05, 4.69) is 19.0 Å². The average molecular weight is 266 g/mol. The highest BCUT2D eigenvalue weighted by Crippen LogP contribution is 2.30. The summed E-state index contributed by atoms with van der Waals surface area (Å²) in [6, 6.07) is 5.99. The van der Waals surface area contributed by atoms with Crippen molar-refractivity contribution in [3.8, 4) is 11.5 Å². The number of benzene rings is 1. The highest BCUT2D eigenvalue weighted by atomic mass is 16.5. The zero-order valence-corrected chi connectivity index (χ0v) is 12.5. The summed E-state index contributed by atoms with van der Waals surface area (Å²) in [5, 5.41) is 0. The van der Waals surface area contributed by atoms with Gasteiger partial charge in [-0.05, 0) is 58.6 Å². The Morgan fingerprint density at radius 3 is 2.32 bits per heavy atom. The maximum absolute atomic E-state index is 6.21. The third-order valence-corrected chi connectivity index (χ3v) is 2.88. The smallest absolute Gasteiger partial charge is 0.161 e. The fraction of sp³-hybridized carbons (Fsp3) is 0.600. The zero-order valence-electron chi connectivity index (χ0n) is 12.5. The highest BCUT2D eigenvalue weighted by Gasteiger charge is 2.11. The Balaban J connectivity index is 2.81. The van der Waals surface area contributed by atoms with Crippen LogP contribution < -0.4 is 15.2 Å². The molecule has 0 aliphatic carbocycles. The molecule has 0 aliphatic rings. The summed E-state index contributed by atoms with van der Waals surface area (Å²) in [6.07, 6.45) is 0.923. The Labute approximate surface area is 116 Å². The first-order valence-corrected chi connectivity index (χ1v) is 6.88. The molecule has 0 saturated carbocycles. The van der Waals surface area contributed by atoms with Gasteiger partial charge in [0.15, 0.2) is 11.5 Å². The van der Waals surface area contributed by atoms with Gasteiger partial charge < -0.3 is 20.1 Å². The van der Waals surface area contributed by atoms with Gasteiger partial charge in [-0.15, -0.1) is 0 Å². The first kappa shape index (κ1) is 15.8. The number of hydrogen-bond donors (Lipinski definition) is 1. The topological polar surface area (TPSA) is 47.7 Å². The molecule has 0 amide bonds. The van der Waals surface area contributed by atoms with Crippen molar-refractivity contribution in [1.29, 1.82) is 0 Å². The maximum Gasteiger partial charge on any atom is 0.161 e. The number of ether oxygens (including phenoxy) is 2. The van der Waals surface area contributed by atoms with Gasteiger partial charge >= 0.3 is 0 Å². The van der Waals surface area contributed by atoms with Gasteiger partial charge in [0.1, 0.15) is 0 Å². The zero-order chi connectivity index (χ0) is 14.3. The molecule has 1 rings (SSSR count). The first-order chi connectivity index (χ1) is 9.08. The third-order valence-electron chi connectivity index (χ3n) is 2.88. The van der Waals surface area contributed by atoms with Gasteiger partial charge in [0, 0.05) is 6.04 Å².